The number of fused-ring (bicyclic) bond motifs is 1. The molecule has 0 bridgehead atoms. The molecule has 1 heterocycles. The number of aromatic nitrogens is 2. The van der Waals surface area contributed by atoms with Crippen molar-refractivity contribution >= 4 is 16.9 Å². The minimum absolute atomic E-state index is 0.114. The van der Waals surface area contributed by atoms with Crippen LogP contribution in [0, 0.1) is 0 Å². The number of carbonyl (C=O) groups excluding carboxylic acids is 1. The Hall–Kier alpha value is -4.00. The van der Waals surface area contributed by atoms with Gasteiger partial charge in [0.25, 0.3) is 5.91 Å². The molecule has 0 radical (unpaired) electrons. The molecule has 3 aromatic carbocycles. The van der Waals surface area contributed by atoms with Crippen LogP contribution in [-0.4, -0.2) is 36.3 Å². The van der Waals surface area contributed by atoms with E-state index in [1.807, 2.05) is 37.3 Å². The van der Waals surface area contributed by atoms with Gasteiger partial charge in [-0.15, -0.1) is 0 Å². The van der Waals surface area contributed by atoms with Gasteiger partial charge in [0.2, 0.25) is 0 Å². The number of rotatable bonds is 10. The first kappa shape index (κ1) is 27.0. The van der Waals surface area contributed by atoms with E-state index in [1.54, 1.807) is 32.4 Å². The summed E-state index contributed by atoms with van der Waals surface area (Å²) in [7, 11) is 3.12. The average Bonchev–Trinajstić information content (AvgIpc) is 3.29. The third-order valence-electron chi connectivity index (χ3n) is 6.58. The summed E-state index contributed by atoms with van der Waals surface area (Å²) in [6, 6.07) is 21.1. The van der Waals surface area contributed by atoms with Gasteiger partial charge in [-0.3, -0.25) is 4.79 Å². The van der Waals surface area contributed by atoms with Crippen LogP contribution in [0.5, 0.6) is 17.2 Å². The predicted molar refractivity (Wildman–Crippen MR) is 150 cm³/mol. The topological polar surface area (TPSA) is 74.6 Å². The van der Waals surface area contributed by atoms with Crippen molar-refractivity contribution in [3.63, 3.8) is 0 Å². The van der Waals surface area contributed by atoms with Crippen LogP contribution < -0.4 is 19.5 Å². The second kappa shape index (κ2) is 11.6. The van der Waals surface area contributed by atoms with Crippen LogP contribution in [0.15, 0.2) is 66.7 Å². The highest BCUT2D eigenvalue weighted by Gasteiger charge is 2.20. The standard InChI is InChI=1S/C31H37N3O4/c1-21(32-30(35)22-12-17-27(36-5)28(20-22)37-6)29-33-25-10-7-8-11-26(25)34(29)18-9-19-38-24-15-13-23(14-16-24)31(2,3)4/h7-8,10-17,20-21H,9,18-19H2,1-6H3,(H,32,35). The molecule has 0 aliphatic rings. The molecule has 1 N–H and O–H groups in total. The molecule has 0 spiro atoms. The number of hydrogen-bond donors (Lipinski definition) is 1. The summed E-state index contributed by atoms with van der Waals surface area (Å²) in [5.74, 6) is 2.54. The van der Waals surface area contributed by atoms with E-state index in [9.17, 15) is 4.79 Å². The Kier molecular flexibility index (Phi) is 8.25. The number of para-hydroxylation sites is 2. The van der Waals surface area contributed by atoms with E-state index in [2.05, 4.69) is 48.9 Å². The fourth-order valence-corrected chi connectivity index (χ4v) is 4.45. The van der Waals surface area contributed by atoms with Crippen LogP contribution in [0.25, 0.3) is 11.0 Å². The zero-order valence-electron chi connectivity index (χ0n) is 23.1. The molecular formula is C31H37N3O4. The fourth-order valence-electron chi connectivity index (χ4n) is 4.45. The van der Waals surface area contributed by atoms with Crippen molar-refractivity contribution in [1.82, 2.24) is 14.9 Å². The fraction of sp³-hybridized carbons (Fsp3) is 0.355. The zero-order chi connectivity index (χ0) is 27.3. The maximum atomic E-state index is 13.1. The van der Waals surface area contributed by atoms with Crippen LogP contribution in [-0.2, 0) is 12.0 Å². The number of ether oxygens (including phenoxy) is 3. The number of nitrogens with zero attached hydrogens (tertiary/aromatic N) is 2. The van der Waals surface area contributed by atoms with Crippen LogP contribution >= 0.6 is 0 Å². The lowest BCUT2D eigenvalue weighted by atomic mass is 9.87. The molecule has 4 rings (SSSR count). The maximum absolute atomic E-state index is 13.1. The Balaban J connectivity index is 1.45. The van der Waals surface area contributed by atoms with E-state index in [-0.39, 0.29) is 17.4 Å². The molecular weight excluding hydrogens is 478 g/mol. The molecule has 7 heteroatoms. The van der Waals surface area contributed by atoms with Crippen LogP contribution in [0.3, 0.4) is 0 Å². The number of aryl methyl sites for hydroxylation is 1. The van der Waals surface area contributed by atoms with Crippen molar-refractivity contribution < 1.29 is 19.0 Å². The molecule has 1 amide bonds. The van der Waals surface area contributed by atoms with Crippen LogP contribution in [0.2, 0.25) is 0 Å². The quantitative estimate of drug-likeness (QED) is 0.251. The highest BCUT2D eigenvalue weighted by Crippen LogP contribution is 2.28. The van der Waals surface area contributed by atoms with Gasteiger partial charge in [0.15, 0.2) is 11.5 Å². The first-order valence-corrected chi connectivity index (χ1v) is 12.9. The molecule has 0 saturated heterocycles. The molecule has 7 nitrogen and oxygen atoms in total. The van der Waals surface area contributed by atoms with E-state index in [0.29, 0.717) is 30.2 Å². The summed E-state index contributed by atoms with van der Waals surface area (Å²) in [4.78, 5) is 17.9. The molecule has 0 aliphatic heterocycles. The van der Waals surface area contributed by atoms with Crippen molar-refractivity contribution in [2.45, 2.75) is 52.1 Å². The normalized spacial score (nSPS) is 12.3. The summed E-state index contributed by atoms with van der Waals surface area (Å²) in [5, 5.41) is 3.09. The van der Waals surface area contributed by atoms with Gasteiger partial charge in [-0.05, 0) is 66.8 Å². The van der Waals surface area contributed by atoms with Gasteiger partial charge in [0.05, 0.1) is 37.9 Å². The third kappa shape index (κ3) is 6.10. The molecule has 38 heavy (non-hydrogen) atoms. The smallest absolute Gasteiger partial charge is 0.251 e. The lowest BCUT2D eigenvalue weighted by molar-refractivity contribution is 0.0937. The van der Waals surface area contributed by atoms with E-state index >= 15 is 0 Å². The van der Waals surface area contributed by atoms with Gasteiger partial charge in [0.1, 0.15) is 11.6 Å². The number of imidazole rings is 1. The predicted octanol–water partition coefficient (Wildman–Crippen LogP) is 6.31. The Morgan fingerprint density at radius 3 is 2.37 bits per heavy atom. The van der Waals surface area contributed by atoms with Crippen LogP contribution in [0.1, 0.15) is 61.9 Å². The molecule has 0 saturated carbocycles. The summed E-state index contributed by atoms with van der Waals surface area (Å²) in [5.41, 5.74) is 3.81. The number of carbonyl (C=O) groups is 1. The highest BCUT2D eigenvalue weighted by atomic mass is 16.5. The van der Waals surface area contributed by atoms with Gasteiger partial charge in [-0.2, -0.15) is 0 Å². The number of hydrogen-bond acceptors (Lipinski definition) is 5. The third-order valence-corrected chi connectivity index (χ3v) is 6.58. The van der Waals surface area contributed by atoms with E-state index in [1.165, 1.54) is 5.56 Å². The molecule has 4 aromatic rings. The average molecular weight is 516 g/mol. The van der Waals surface area contributed by atoms with Gasteiger partial charge in [0, 0.05) is 12.1 Å². The molecule has 1 aromatic heterocycles. The van der Waals surface area contributed by atoms with Crippen molar-refractivity contribution in [2.75, 3.05) is 20.8 Å². The Labute approximate surface area is 224 Å². The van der Waals surface area contributed by atoms with E-state index in [0.717, 1.165) is 29.0 Å². The van der Waals surface area contributed by atoms with Crippen molar-refractivity contribution in [3.8, 4) is 17.2 Å². The molecule has 0 fully saturated rings. The minimum atomic E-state index is -0.311. The van der Waals surface area contributed by atoms with Crippen molar-refractivity contribution in [2.24, 2.45) is 0 Å². The Morgan fingerprint density at radius 1 is 0.974 bits per heavy atom. The first-order chi connectivity index (χ1) is 18.2. The van der Waals surface area contributed by atoms with Gasteiger partial charge in [-0.1, -0.05) is 45.0 Å². The summed E-state index contributed by atoms with van der Waals surface area (Å²) in [6.45, 7) is 9.84. The van der Waals surface area contributed by atoms with Gasteiger partial charge in [-0.25, -0.2) is 4.98 Å². The number of nitrogens with one attached hydrogen (secondary N) is 1. The summed E-state index contributed by atoms with van der Waals surface area (Å²) < 4.78 is 18.8. The van der Waals surface area contributed by atoms with E-state index in [4.69, 9.17) is 19.2 Å². The first-order valence-electron chi connectivity index (χ1n) is 12.9. The number of methoxy groups -OCH3 is 2. The molecule has 1 unspecified atom stereocenters. The highest BCUT2D eigenvalue weighted by molar-refractivity contribution is 5.95. The maximum Gasteiger partial charge on any atom is 0.251 e. The van der Waals surface area contributed by atoms with Crippen molar-refractivity contribution in [1.29, 1.82) is 0 Å². The number of benzene rings is 3. The summed E-state index contributed by atoms with van der Waals surface area (Å²) in [6.07, 6.45) is 0.796. The molecule has 0 aliphatic carbocycles. The summed E-state index contributed by atoms with van der Waals surface area (Å²) >= 11 is 0. The SMILES string of the molecule is COc1ccc(C(=O)NC(C)c2nc3ccccc3n2CCCOc2ccc(C(C)(C)C)cc2)cc1OC. The lowest BCUT2D eigenvalue weighted by Crippen LogP contribution is -2.29. The van der Waals surface area contributed by atoms with Crippen LogP contribution in [0.4, 0.5) is 0 Å². The molecule has 200 valence electrons. The second-order valence-electron chi connectivity index (χ2n) is 10.4. The monoisotopic (exact) mass is 515 g/mol. The van der Waals surface area contributed by atoms with Gasteiger partial charge >= 0.3 is 0 Å². The van der Waals surface area contributed by atoms with E-state index < -0.39 is 0 Å². The zero-order valence-corrected chi connectivity index (χ0v) is 23.1. The van der Waals surface area contributed by atoms with Gasteiger partial charge < -0.3 is 24.1 Å². The number of amides is 1. The van der Waals surface area contributed by atoms with Crippen molar-refractivity contribution in [3.05, 3.63) is 83.7 Å². The second-order valence-corrected chi connectivity index (χ2v) is 10.4. The Bertz CT molecular complexity index is 1390. The largest absolute Gasteiger partial charge is 0.494 e. The molecule has 1 atom stereocenters. The minimum Gasteiger partial charge on any atom is -0.494 e. The lowest BCUT2D eigenvalue weighted by Gasteiger charge is -2.19. The Morgan fingerprint density at radius 2 is 1.68 bits per heavy atom.